The Bertz CT molecular complexity index is 918. The highest BCUT2D eigenvalue weighted by Crippen LogP contribution is 2.18. The van der Waals surface area contributed by atoms with Crippen LogP contribution in [0.2, 0.25) is 0 Å². The number of imidazole rings is 1. The summed E-state index contributed by atoms with van der Waals surface area (Å²) in [6, 6.07) is 7.59. The van der Waals surface area contributed by atoms with Crippen LogP contribution in [0.5, 0.6) is 0 Å². The molecule has 8 heteroatoms. The van der Waals surface area contributed by atoms with Crippen molar-refractivity contribution in [3.63, 3.8) is 0 Å². The summed E-state index contributed by atoms with van der Waals surface area (Å²) >= 11 is 0. The van der Waals surface area contributed by atoms with Gasteiger partial charge in [0.1, 0.15) is 6.54 Å². The number of fused-ring (bicyclic) bond motifs is 3. The molecule has 0 N–H and O–H groups in total. The molecule has 2 aromatic heterocycles. The van der Waals surface area contributed by atoms with Crippen molar-refractivity contribution in [3.05, 3.63) is 34.7 Å². The lowest BCUT2D eigenvalue weighted by atomic mass is 10.3. The number of carbonyl (C=O) groups excluding carboxylic acids is 1. The zero-order chi connectivity index (χ0) is 16.6. The summed E-state index contributed by atoms with van der Waals surface area (Å²) in [5, 5.41) is 4.35. The molecule has 2 heterocycles. The van der Waals surface area contributed by atoms with Gasteiger partial charge in [-0.05, 0) is 12.1 Å². The van der Waals surface area contributed by atoms with Gasteiger partial charge >= 0.3 is 5.69 Å². The summed E-state index contributed by atoms with van der Waals surface area (Å²) in [4.78, 5) is 25.9. The van der Waals surface area contributed by atoms with E-state index in [9.17, 15) is 9.59 Å². The van der Waals surface area contributed by atoms with E-state index >= 15 is 0 Å². The van der Waals surface area contributed by atoms with Gasteiger partial charge in [-0.1, -0.05) is 12.1 Å². The molecule has 0 aliphatic rings. The largest absolute Gasteiger partial charge is 0.383 e. The number of amides is 1. The number of ether oxygens (including phenoxy) is 1. The smallest absolute Gasteiger partial charge is 0.352 e. The van der Waals surface area contributed by atoms with E-state index < -0.39 is 0 Å². The number of para-hydroxylation sites is 2. The minimum Gasteiger partial charge on any atom is -0.383 e. The van der Waals surface area contributed by atoms with Gasteiger partial charge in [0, 0.05) is 27.7 Å². The average molecular weight is 317 g/mol. The Balaban J connectivity index is 2.19. The van der Waals surface area contributed by atoms with E-state index in [1.807, 2.05) is 28.8 Å². The van der Waals surface area contributed by atoms with E-state index in [2.05, 4.69) is 5.10 Å². The van der Waals surface area contributed by atoms with E-state index in [1.165, 1.54) is 14.0 Å². The molecule has 0 atom stereocenters. The Kier molecular flexibility index (Phi) is 3.91. The normalized spacial score (nSPS) is 11.4. The van der Waals surface area contributed by atoms with Gasteiger partial charge in [-0.3, -0.25) is 4.79 Å². The predicted molar refractivity (Wildman–Crippen MR) is 85.5 cm³/mol. The lowest BCUT2D eigenvalue weighted by molar-refractivity contribution is -0.129. The van der Waals surface area contributed by atoms with Gasteiger partial charge in [0.15, 0.2) is 0 Å². The zero-order valence-electron chi connectivity index (χ0n) is 13.4. The number of hydrogen-bond acceptors (Lipinski definition) is 4. The van der Waals surface area contributed by atoms with Crippen molar-refractivity contribution in [1.82, 2.24) is 23.6 Å². The van der Waals surface area contributed by atoms with E-state index in [4.69, 9.17) is 4.74 Å². The van der Waals surface area contributed by atoms with Crippen LogP contribution in [0.15, 0.2) is 29.1 Å². The molecule has 0 radical (unpaired) electrons. The van der Waals surface area contributed by atoms with E-state index in [0.29, 0.717) is 18.9 Å². The first-order chi connectivity index (χ1) is 11.0. The third-order valence-electron chi connectivity index (χ3n) is 3.78. The minimum absolute atomic E-state index is 0.0773. The molecule has 0 fully saturated rings. The van der Waals surface area contributed by atoms with Crippen molar-refractivity contribution in [1.29, 1.82) is 0 Å². The van der Waals surface area contributed by atoms with Crippen LogP contribution in [0.4, 0.5) is 0 Å². The maximum Gasteiger partial charge on any atom is 0.352 e. The molecule has 122 valence electrons. The van der Waals surface area contributed by atoms with Gasteiger partial charge in [-0.15, -0.1) is 5.10 Å². The van der Waals surface area contributed by atoms with Gasteiger partial charge < -0.3 is 14.2 Å². The van der Waals surface area contributed by atoms with Crippen LogP contribution in [-0.2, 0) is 22.6 Å². The topological polar surface area (TPSA) is 73.8 Å². The first-order valence-corrected chi connectivity index (χ1v) is 7.30. The van der Waals surface area contributed by atoms with Crippen LogP contribution in [0.25, 0.3) is 16.8 Å². The fraction of sp³-hybridized carbons (Fsp3) is 0.400. The second-order valence-corrected chi connectivity index (χ2v) is 5.50. The number of hydrogen-bond donors (Lipinski definition) is 0. The first kappa shape index (κ1) is 15.3. The Morgan fingerprint density at radius 3 is 2.61 bits per heavy atom. The standard InChI is InChI=1S/C15H19N5O3/c1-17(2)13(21)10-19-15(22)20-12-7-5-4-6-11(12)18(8-9-23-3)14(20)16-19/h4-7H,8-10H2,1-3H3. The first-order valence-electron chi connectivity index (χ1n) is 7.30. The quantitative estimate of drug-likeness (QED) is 0.673. The number of likely N-dealkylation sites (N-methyl/N-ethyl adjacent to an activating group) is 1. The summed E-state index contributed by atoms with van der Waals surface area (Å²) in [5.74, 6) is 0.334. The molecule has 0 saturated heterocycles. The summed E-state index contributed by atoms with van der Waals surface area (Å²) in [5.41, 5.74) is 1.37. The lowest BCUT2D eigenvalue weighted by Crippen LogP contribution is -2.32. The predicted octanol–water partition coefficient (Wildman–Crippen LogP) is 0.185. The van der Waals surface area contributed by atoms with Crippen molar-refractivity contribution in [2.75, 3.05) is 27.8 Å². The lowest BCUT2D eigenvalue weighted by Gasteiger charge is -2.09. The summed E-state index contributed by atoms with van der Waals surface area (Å²) in [6.07, 6.45) is 0. The molecule has 0 saturated carbocycles. The fourth-order valence-electron chi connectivity index (χ4n) is 2.55. The minimum atomic E-state index is -0.317. The highest BCUT2D eigenvalue weighted by Gasteiger charge is 2.18. The molecular weight excluding hydrogens is 298 g/mol. The molecule has 0 aliphatic heterocycles. The summed E-state index contributed by atoms with van der Waals surface area (Å²) in [7, 11) is 4.93. The second kappa shape index (κ2) is 5.88. The molecule has 23 heavy (non-hydrogen) atoms. The molecule has 1 aromatic carbocycles. The fourth-order valence-corrected chi connectivity index (χ4v) is 2.55. The molecule has 3 aromatic rings. The molecule has 0 bridgehead atoms. The van der Waals surface area contributed by atoms with Crippen LogP contribution in [0.3, 0.4) is 0 Å². The molecule has 0 unspecified atom stereocenters. The Morgan fingerprint density at radius 2 is 1.96 bits per heavy atom. The number of aromatic nitrogens is 4. The molecular formula is C15H19N5O3. The van der Waals surface area contributed by atoms with Gasteiger partial charge in [0.05, 0.1) is 17.6 Å². The molecule has 0 spiro atoms. The van der Waals surface area contributed by atoms with Crippen LogP contribution in [0.1, 0.15) is 0 Å². The van der Waals surface area contributed by atoms with Crippen molar-refractivity contribution in [2.24, 2.45) is 0 Å². The second-order valence-electron chi connectivity index (χ2n) is 5.50. The number of rotatable bonds is 5. The number of methoxy groups -OCH3 is 1. The van der Waals surface area contributed by atoms with Crippen molar-refractivity contribution in [2.45, 2.75) is 13.1 Å². The van der Waals surface area contributed by atoms with Crippen LogP contribution in [-0.4, -0.2) is 57.4 Å². The zero-order valence-corrected chi connectivity index (χ0v) is 13.4. The molecule has 0 aliphatic carbocycles. The van der Waals surface area contributed by atoms with Gasteiger partial charge in [-0.25, -0.2) is 13.9 Å². The third kappa shape index (κ3) is 2.50. The summed E-state index contributed by atoms with van der Waals surface area (Å²) in [6.45, 7) is 1.00. The summed E-state index contributed by atoms with van der Waals surface area (Å²) < 4.78 is 9.81. The maximum absolute atomic E-state index is 12.6. The average Bonchev–Trinajstić information content (AvgIpc) is 3.01. The Labute approximate surface area is 132 Å². The SMILES string of the molecule is COCCn1c2ccccc2n2c(=O)n(CC(=O)N(C)C)nc12. The van der Waals surface area contributed by atoms with Crippen LogP contribution >= 0.6 is 0 Å². The third-order valence-corrected chi connectivity index (χ3v) is 3.78. The molecule has 3 rings (SSSR count). The molecule has 1 amide bonds. The van der Waals surface area contributed by atoms with Crippen LogP contribution in [0, 0.1) is 0 Å². The monoisotopic (exact) mass is 317 g/mol. The van der Waals surface area contributed by atoms with Gasteiger partial charge in [0.2, 0.25) is 11.7 Å². The number of carbonyl (C=O) groups is 1. The molecule has 8 nitrogen and oxygen atoms in total. The Hall–Kier alpha value is -2.61. The highest BCUT2D eigenvalue weighted by molar-refractivity contribution is 5.80. The highest BCUT2D eigenvalue weighted by atomic mass is 16.5. The Morgan fingerprint density at radius 1 is 1.26 bits per heavy atom. The number of nitrogens with zero attached hydrogens (tertiary/aromatic N) is 5. The van der Waals surface area contributed by atoms with Crippen molar-refractivity contribution >= 4 is 22.7 Å². The van der Waals surface area contributed by atoms with E-state index in [-0.39, 0.29) is 18.1 Å². The number of benzene rings is 1. The van der Waals surface area contributed by atoms with Gasteiger partial charge in [-0.2, -0.15) is 0 Å². The maximum atomic E-state index is 12.6. The van der Waals surface area contributed by atoms with Crippen molar-refractivity contribution in [3.8, 4) is 0 Å². The van der Waals surface area contributed by atoms with Gasteiger partial charge in [0.25, 0.3) is 0 Å². The van der Waals surface area contributed by atoms with Crippen molar-refractivity contribution < 1.29 is 9.53 Å². The van der Waals surface area contributed by atoms with E-state index in [1.54, 1.807) is 21.2 Å². The van der Waals surface area contributed by atoms with E-state index in [0.717, 1.165) is 11.0 Å². The van der Waals surface area contributed by atoms with Crippen LogP contribution < -0.4 is 5.69 Å².